The molecule has 7 heteroatoms. The van der Waals surface area contributed by atoms with Gasteiger partial charge in [0.15, 0.2) is 11.3 Å². The molecule has 0 spiro atoms. The predicted octanol–water partition coefficient (Wildman–Crippen LogP) is 3.41. The number of fused-ring (bicyclic) bond motifs is 1. The topological polar surface area (TPSA) is 42.6 Å². The van der Waals surface area contributed by atoms with Crippen molar-refractivity contribution in [2.45, 2.75) is 20.8 Å². The van der Waals surface area contributed by atoms with Gasteiger partial charge in [-0.25, -0.2) is 4.99 Å². The molecule has 0 fully saturated rings. The third-order valence-electron chi connectivity index (χ3n) is 3.55. The first-order valence-electron chi connectivity index (χ1n) is 5.62. The minimum atomic E-state index is -2.21. The summed E-state index contributed by atoms with van der Waals surface area (Å²) in [6.45, 7) is 5.91. The number of nitrogens with zero attached hydrogens (tertiary/aromatic N) is 1. The molecule has 1 aromatic heterocycles. The van der Waals surface area contributed by atoms with Gasteiger partial charge in [-0.3, -0.25) is 0 Å². The summed E-state index contributed by atoms with van der Waals surface area (Å²) in [6.07, 6.45) is 0. The molecule has 5 rings (SSSR count). The van der Waals surface area contributed by atoms with Crippen LogP contribution in [-0.2, 0) is 4.57 Å². The summed E-state index contributed by atoms with van der Waals surface area (Å²) in [5.41, 5.74) is 1.41. The fourth-order valence-electron chi connectivity index (χ4n) is 2.54. The molecule has 4 aliphatic heterocycles. The zero-order valence-corrected chi connectivity index (χ0v) is 13.2. The molecule has 4 aliphatic rings. The van der Waals surface area contributed by atoms with Gasteiger partial charge in [-0.15, -0.1) is 0 Å². The van der Waals surface area contributed by atoms with Gasteiger partial charge in [-0.05, 0) is 42.7 Å². The largest absolute Gasteiger partial charge is 0.449 e. The predicted molar refractivity (Wildman–Crippen MR) is 79.4 cm³/mol. The number of aliphatic imine (C=N–C) groups is 1. The third-order valence-corrected chi connectivity index (χ3v) is 10.5. The van der Waals surface area contributed by atoms with Gasteiger partial charge >= 0.3 is 0 Å². The van der Waals surface area contributed by atoms with E-state index in [0.29, 0.717) is 11.3 Å². The van der Waals surface area contributed by atoms with Gasteiger partial charge in [0.1, 0.15) is 5.70 Å². The molecule has 0 amide bonds. The lowest BCUT2D eigenvalue weighted by atomic mass is 10.1. The summed E-state index contributed by atoms with van der Waals surface area (Å²) in [4.78, 5) is 5.41. The summed E-state index contributed by atoms with van der Waals surface area (Å²) in [5.74, 6) is 0.841. The fourth-order valence-corrected chi connectivity index (χ4v) is 8.24. The Morgan fingerprint density at radius 3 is 2.39 bits per heavy atom. The van der Waals surface area contributed by atoms with Crippen LogP contribution in [0.25, 0.3) is 5.70 Å². The van der Waals surface area contributed by atoms with E-state index in [1.807, 2.05) is 20.8 Å². The van der Waals surface area contributed by atoms with Crippen molar-refractivity contribution in [2.75, 3.05) is 0 Å². The molecule has 18 heavy (non-hydrogen) atoms. The van der Waals surface area contributed by atoms with Gasteiger partial charge in [0.05, 0.1) is 15.7 Å². The van der Waals surface area contributed by atoms with Crippen LogP contribution in [0.4, 0.5) is 0 Å². The Morgan fingerprint density at radius 1 is 1.33 bits per heavy atom. The first-order chi connectivity index (χ1) is 8.31. The van der Waals surface area contributed by atoms with Crippen molar-refractivity contribution < 1.29 is 8.98 Å². The maximum atomic E-state index is 12.0. The van der Waals surface area contributed by atoms with Gasteiger partial charge in [-0.2, -0.15) is 0 Å². The Kier molecular flexibility index (Phi) is 1.91. The second-order valence-electron chi connectivity index (χ2n) is 5.01. The average molecular weight is 322 g/mol. The Balaban J connectivity index is 1.94. The van der Waals surface area contributed by atoms with E-state index in [1.165, 1.54) is 0 Å². The first-order valence-corrected chi connectivity index (χ1v) is 10.6. The van der Waals surface area contributed by atoms with Crippen molar-refractivity contribution in [1.82, 2.24) is 0 Å². The minimum absolute atomic E-state index is 0.187. The van der Waals surface area contributed by atoms with E-state index in [1.54, 1.807) is 0 Å². The van der Waals surface area contributed by atoms with Crippen LogP contribution in [0.1, 0.15) is 26.5 Å². The van der Waals surface area contributed by atoms with Crippen LogP contribution in [0.5, 0.6) is 0 Å². The van der Waals surface area contributed by atoms with Gasteiger partial charge in [0.2, 0.25) is 7.14 Å². The molecule has 0 aromatic carbocycles. The van der Waals surface area contributed by atoms with Gasteiger partial charge < -0.3 is 8.98 Å². The lowest BCUT2D eigenvalue weighted by Gasteiger charge is -2.25. The number of hydrogen-bond acceptors (Lipinski definition) is 3. The molecule has 5 heterocycles. The van der Waals surface area contributed by atoms with Crippen LogP contribution in [0.15, 0.2) is 14.3 Å². The molecule has 0 radical (unpaired) electrons. The maximum Gasteiger partial charge on any atom is 0.214 e. The Morgan fingerprint density at radius 2 is 1.94 bits per heavy atom. The monoisotopic (exact) mass is 321 g/mol. The number of allylic oxidation sites excluding steroid dienone is 1. The van der Waals surface area contributed by atoms with Crippen molar-refractivity contribution in [3.8, 4) is 0 Å². The molecule has 0 saturated carbocycles. The van der Waals surface area contributed by atoms with Crippen molar-refractivity contribution in [1.29, 1.82) is 0 Å². The standard InChI is InChI=1S/C11H10Cl2NO2PS/c1-4(2)10-6(14-5(3)18(10,12)13)7-8-9-11(16-7)17(8,9)15/h4H,1-3H3. The van der Waals surface area contributed by atoms with Crippen LogP contribution in [0, 0.1) is 5.92 Å². The second-order valence-corrected chi connectivity index (χ2v) is 12.7. The average Bonchev–Trinajstić information content (AvgIpc) is 2.85. The number of halogens is 2. The highest BCUT2D eigenvalue weighted by Crippen LogP contribution is 2.75. The Bertz CT molecular complexity index is 735. The summed E-state index contributed by atoms with van der Waals surface area (Å²) in [6, 6.07) is 0. The fraction of sp³-hybridized carbons (Fsp3) is 0.364. The number of hydrogen-bond donors (Lipinski definition) is 0. The minimum Gasteiger partial charge on any atom is -0.449 e. The van der Waals surface area contributed by atoms with Crippen LogP contribution in [0.2, 0.25) is 0 Å². The quantitative estimate of drug-likeness (QED) is 0.679. The third kappa shape index (κ3) is 1.04. The molecular weight excluding hydrogens is 312 g/mol. The molecule has 0 aliphatic carbocycles. The first kappa shape index (κ1) is 11.7. The summed E-state index contributed by atoms with van der Waals surface area (Å²) in [7, 11) is 8.68. The molecule has 1 aromatic rings. The van der Waals surface area contributed by atoms with Crippen LogP contribution < -0.4 is 16.1 Å². The molecule has 2 bridgehead atoms. The maximum absolute atomic E-state index is 12.0. The molecular formula is C11H10Cl2NO2PS. The SMILES string of the molecule is CC1=NC(c2oc3c4c2P34=O)=C(C(C)C)S1(Cl)Cl. The zero-order valence-electron chi connectivity index (χ0n) is 9.95. The lowest BCUT2D eigenvalue weighted by Crippen LogP contribution is -2.02. The highest BCUT2D eigenvalue weighted by atomic mass is 36.0. The smallest absolute Gasteiger partial charge is 0.214 e. The van der Waals surface area contributed by atoms with E-state index in [9.17, 15) is 4.57 Å². The number of furan rings is 1. The highest BCUT2D eigenvalue weighted by Gasteiger charge is 2.75. The Labute approximate surface area is 115 Å². The normalized spacial score (nSPS) is 31.6. The van der Waals surface area contributed by atoms with Crippen LogP contribution in [-0.4, -0.2) is 5.04 Å². The van der Waals surface area contributed by atoms with Crippen LogP contribution in [0.3, 0.4) is 0 Å². The van der Waals surface area contributed by atoms with E-state index in [2.05, 4.69) is 4.99 Å². The lowest BCUT2D eigenvalue weighted by molar-refractivity contribution is 0.582. The summed E-state index contributed by atoms with van der Waals surface area (Å²) >= 11 is 0. The molecule has 0 saturated heterocycles. The van der Waals surface area contributed by atoms with E-state index >= 15 is 0 Å². The molecule has 1 atom stereocenters. The highest BCUT2D eigenvalue weighted by molar-refractivity contribution is 8.77. The van der Waals surface area contributed by atoms with Crippen molar-refractivity contribution in [3.63, 3.8) is 0 Å². The number of rotatable bonds is 2. The van der Waals surface area contributed by atoms with E-state index < -0.39 is 15.6 Å². The second kappa shape index (κ2) is 2.95. The van der Waals surface area contributed by atoms with Crippen LogP contribution >= 0.6 is 37.0 Å². The molecule has 3 nitrogen and oxygen atoms in total. The van der Waals surface area contributed by atoms with Gasteiger partial charge in [0.25, 0.3) is 0 Å². The van der Waals surface area contributed by atoms with E-state index in [0.717, 1.165) is 26.3 Å². The van der Waals surface area contributed by atoms with Crippen molar-refractivity contribution in [3.05, 3.63) is 10.7 Å². The van der Waals surface area contributed by atoms with Crippen molar-refractivity contribution in [2.24, 2.45) is 10.9 Å². The van der Waals surface area contributed by atoms with E-state index in [-0.39, 0.29) is 5.92 Å². The summed E-state index contributed by atoms with van der Waals surface area (Å²) < 4.78 is 17.6. The molecule has 96 valence electrons. The Hall–Kier alpha value is -0.150. The summed E-state index contributed by atoms with van der Waals surface area (Å²) in [5, 5.41) is 2.55. The van der Waals surface area contributed by atoms with Crippen molar-refractivity contribution >= 4 is 63.8 Å². The zero-order chi connectivity index (χ0) is 13.0. The van der Waals surface area contributed by atoms with Gasteiger partial charge in [-0.1, -0.05) is 13.8 Å². The van der Waals surface area contributed by atoms with Gasteiger partial charge in [0, 0.05) is 4.91 Å². The van der Waals surface area contributed by atoms with E-state index in [4.69, 9.17) is 25.8 Å². The molecule has 0 N–H and O–H groups in total. The molecule has 1 unspecified atom stereocenters.